The van der Waals surface area contributed by atoms with Gasteiger partial charge in [-0.25, -0.2) is 4.98 Å². The summed E-state index contributed by atoms with van der Waals surface area (Å²) in [6.45, 7) is 3.05. The number of ether oxygens (including phenoxy) is 2. The van der Waals surface area contributed by atoms with Crippen LogP contribution in [0.2, 0.25) is 0 Å². The van der Waals surface area contributed by atoms with Gasteiger partial charge in [0.05, 0.1) is 20.5 Å². The summed E-state index contributed by atoms with van der Waals surface area (Å²) in [7, 11) is 3.45. The molecule has 1 aromatic heterocycles. The van der Waals surface area contributed by atoms with Crippen molar-refractivity contribution in [2.75, 3.05) is 14.2 Å². The Labute approximate surface area is 160 Å². The van der Waals surface area contributed by atoms with Crippen molar-refractivity contribution in [2.45, 2.75) is 38.1 Å². The molecular formula is C23H26N2O2. The Bertz CT molecular complexity index is 914. The van der Waals surface area contributed by atoms with Crippen LogP contribution in [0.3, 0.4) is 0 Å². The number of hydrogen-bond donors (Lipinski definition) is 0. The molecule has 0 fully saturated rings. The Morgan fingerprint density at radius 3 is 2.44 bits per heavy atom. The van der Waals surface area contributed by atoms with Crippen LogP contribution in [-0.2, 0) is 13.0 Å². The first-order valence-corrected chi connectivity index (χ1v) is 9.47. The number of aryl methyl sites for hydroxylation is 2. The van der Waals surface area contributed by atoms with Gasteiger partial charge in [0.15, 0.2) is 0 Å². The van der Waals surface area contributed by atoms with Crippen molar-refractivity contribution >= 4 is 0 Å². The average Bonchev–Trinajstić information content (AvgIpc) is 3.12. The van der Waals surface area contributed by atoms with Gasteiger partial charge in [0, 0.05) is 24.4 Å². The van der Waals surface area contributed by atoms with Crippen LogP contribution in [0.4, 0.5) is 0 Å². The molecule has 2 unspecified atom stereocenters. The molecule has 1 heterocycles. The van der Waals surface area contributed by atoms with Gasteiger partial charge >= 0.3 is 0 Å². The molecule has 3 aromatic rings. The molecule has 4 nitrogen and oxygen atoms in total. The first-order chi connectivity index (χ1) is 13.2. The number of aromatic nitrogens is 2. The number of nitrogens with zero attached hydrogens (tertiary/aromatic N) is 2. The van der Waals surface area contributed by atoms with E-state index in [2.05, 4.69) is 58.9 Å². The summed E-state index contributed by atoms with van der Waals surface area (Å²) >= 11 is 0. The Hall–Kier alpha value is -2.75. The third-order valence-electron chi connectivity index (χ3n) is 5.82. The molecule has 0 N–H and O–H groups in total. The van der Waals surface area contributed by atoms with Crippen LogP contribution in [0.5, 0.6) is 11.5 Å². The first-order valence-electron chi connectivity index (χ1n) is 9.47. The lowest BCUT2D eigenvalue weighted by Crippen LogP contribution is -2.23. The fraction of sp³-hybridized carbons (Fsp3) is 0.348. The van der Waals surface area contributed by atoms with Gasteiger partial charge in [-0.3, -0.25) is 0 Å². The van der Waals surface area contributed by atoms with E-state index in [-0.39, 0.29) is 0 Å². The van der Waals surface area contributed by atoms with Crippen LogP contribution >= 0.6 is 0 Å². The molecule has 0 aliphatic heterocycles. The predicted octanol–water partition coefficient (Wildman–Crippen LogP) is 4.72. The zero-order valence-electron chi connectivity index (χ0n) is 16.2. The molecule has 2 atom stereocenters. The highest BCUT2D eigenvalue weighted by molar-refractivity contribution is 5.43. The van der Waals surface area contributed by atoms with Crippen molar-refractivity contribution in [3.63, 3.8) is 0 Å². The van der Waals surface area contributed by atoms with E-state index in [0.29, 0.717) is 11.8 Å². The molecule has 0 saturated heterocycles. The van der Waals surface area contributed by atoms with Crippen molar-refractivity contribution in [2.24, 2.45) is 0 Å². The number of methoxy groups -OCH3 is 2. The molecule has 1 aliphatic carbocycles. The molecule has 0 bridgehead atoms. The number of imidazole rings is 1. The third-order valence-corrected chi connectivity index (χ3v) is 5.82. The molecule has 0 amide bonds. The molecule has 0 spiro atoms. The maximum atomic E-state index is 5.45. The standard InChI is InChI=1S/C23H26N2O2/c1-16-13-24-15-25(16)14-23-21(17-4-7-19(26-2)8-5-17)10-6-18-12-20(27-3)9-11-22(18)23/h4-5,7-9,11-13,15,21,23H,6,10,14H2,1-3H3. The van der Waals surface area contributed by atoms with Crippen molar-refractivity contribution < 1.29 is 9.47 Å². The fourth-order valence-corrected chi connectivity index (χ4v) is 4.28. The minimum atomic E-state index is 0.404. The molecule has 27 heavy (non-hydrogen) atoms. The lowest BCUT2D eigenvalue weighted by atomic mass is 9.72. The van der Waals surface area contributed by atoms with Crippen LogP contribution < -0.4 is 9.47 Å². The van der Waals surface area contributed by atoms with Gasteiger partial charge < -0.3 is 14.0 Å². The van der Waals surface area contributed by atoms with Crippen molar-refractivity contribution in [3.05, 3.63) is 77.4 Å². The lowest BCUT2D eigenvalue weighted by molar-refractivity contribution is 0.402. The van der Waals surface area contributed by atoms with E-state index in [1.807, 2.05) is 12.5 Å². The van der Waals surface area contributed by atoms with Crippen molar-refractivity contribution in [1.82, 2.24) is 9.55 Å². The quantitative estimate of drug-likeness (QED) is 0.659. The van der Waals surface area contributed by atoms with Crippen LogP contribution in [-0.4, -0.2) is 23.8 Å². The molecular weight excluding hydrogens is 336 g/mol. The highest BCUT2D eigenvalue weighted by atomic mass is 16.5. The van der Waals surface area contributed by atoms with Gasteiger partial charge in [-0.15, -0.1) is 0 Å². The Morgan fingerprint density at radius 2 is 1.78 bits per heavy atom. The smallest absolute Gasteiger partial charge is 0.119 e. The van der Waals surface area contributed by atoms with Gasteiger partial charge in [0.1, 0.15) is 11.5 Å². The van der Waals surface area contributed by atoms with Gasteiger partial charge in [-0.1, -0.05) is 18.2 Å². The molecule has 2 aromatic carbocycles. The summed E-state index contributed by atoms with van der Waals surface area (Å²) in [5, 5.41) is 0. The minimum absolute atomic E-state index is 0.404. The van der Waals surface area contributed by atoms with Gasteiger partial charge in [-0.2, -0.15) is 0 Å². The number of rotatable bonds is 5. The summed E-state index contributed by atoms with van der Waals surface area (Å²) in [4.78, 5) is 4.32. The van der Waals surface area contributed by atoms with Crippen LogP contribution in [0.15, 0.2) is 55.0 Å². The van der Waals surface area contributed by atoms with E-state index >= 15 is 0 Å². The summed E-state index contributed by atoms with van der Waals surface area (Å²) in [6.07, 6.45) is 6.08. The van der Waals surface area contributed by atoms with Gasteiger partial charge in [0.2, 0.25) is 0 Å². The Kier molecular flexibility index (Phi) is 4.88. The highest BCUT2D eigenvalue weighted by Gasteiger charge is 2.31. The van der Waals surface area contributed by atoms with Crippen LogP contribution in [0, 0.1) is 6.92 Å². The van der Waals surface area contributed by atoms with Crippen molar-refractivity contribution in [1.29, 1.82) is 0 Å². The summed E-state index contributed by atoms with van der Waals surface area (Å²) in [5.74, 6) is 2.72. The van der Waals surface area contributed by atoms with Gasteiger partial charge in [0.25, 0.3) is 0 Å². The Balaban J connectivity index is 1.73. The maximum Gasteiger partial charge on any atom is 0.119 e. The summed E-state index contributed by atoms with van der Waals surface area (Å²) < 4.78 is 13.1. The molecule has 4 heteroatoms. The Morgan fingerprint density at radius 1 is 1.04 bits per heavy atom. The van der Waals surface area contributed by atoms with E-state index in [4.69, 9.17) is 9.47 Å². The number of fused-ring (bicyclic) bond motifs is 1. The van der Waals surface area contributed by atoms with Gasteiger partial charge in [-0.05, 0) is 66.6 Å². The van der Waals surface area contributed by atoms with E-state index < -0.39 is 0 Å². The zero-order chi connectivity index (χ0) is 18.8. The fourth-order valence-electron chi connectivity index (χ4n) is 4.28. The second kappa shape index (κ2) is 7.47. The molecule has 140 valence electrons. The second-order valence-corrected chi connectivity index (χ2v) is 7.28. The predicted molar refractivity (Wildman–Crippen MR) is 107 cm³/mol. The first kappa shape index (κ1) is 17.7. The summed E-state index contributed by atoms with van der Waals surface area (Å²) in [5.41, 5.74) is 5.40. The van der Waals surface area contributed by atoms with Crippen LogP contribution in [0.1, 0.15) is 40.6 Å². The number of hydrogen-bond acceptors (Lipinski definition) is 3. The normalized spacial score (nSPS) is 18.8. The molecule has 0 radical (unpaired) electrons. The van der Waals surface area contributed by atoms with E-state index in [0.717, 1.165) is 30.9 Å². The molecule has 1 aliphatic rings. The maximum absolute atomic E-state index is 5.45. The second-order valence-electron chi connectivity index (χ2n) is 7.28. The van der Waals surface area contributed by atoms with Crippen LogP contribution in [0.25, 0.3) is 0 Å². The van der Waals surface area contributed by atoms with E-state index in [1.165, 1.54) is 22.4 Å². The van der Waals surface area contributed by atoms with E-state index in [1.54, 1.807) is 14.2 Å². The molecule has 0 saturated carbocycles. The average molecular weight is 362 g/mol. The third kappa shape index (κ3) is 3.44. The van der Waals surface area contributed by atoms with E-state index in [9.17, 15) is 0 Å². The monoisotopic (exact) mass is 362 g/mol. The molecule has 4 rings (SSSR count). The largest absolute Gasteiger partial charge is 0.497 e. The summed E-state index contributed by atoms with van der Waals surface area (Å²) in [6, 6.07) is 15.1. The number of benzene rings is 2. The topological polar surface area (TPSA) is 36.3 Å². The zero-order valence-corrected chi connectivity index (χ0v) is 16.2. The SMILES string of the molecule is COc1ccc(C2CCc3cc(OC)ccc3C2Cn2cncc2C)cc1. The lowest BCUT2D eigenvalue weighted by Gasteiger charge is -2.35. The van der Waals surface area contributed by atoms with Crippen molar-refractivity contribution in [3.8, 4) is 11.5 Å². The minimum Gasteiger partial charge on any atom is -0.497 e. The highest BCUT2D eigenvalue weighted by Crippen LogP contribution is 2.44.